The lowest BCUT2D eigenvalue weighted by atomic mass is 9.97. The summed E-state index contributed by atoms with van der Waals surface area (Å²) in [6.07, 6.45) is 4.16. The van der Waals surface area contributed by atoms with Crippen LogP contribution in [-0.2, 0) is 18.6 Å². The van der Waals surface area contributed by atoms with E-state index in [1.54, 1.807) is 34.1 Å². The number of thioether (sulfide) groups is 1. The SMILES string of the molecule is O=c1c2c3c(sc2n2c(SCc4ccc(Cl)cc4Cl)nnc2n1-c1ccc(Cl)cc1)CCCC3. The van der Waals surface area contributed by atoms with Crippen LogP contribution in [0, 0.1) is 0 Å². The van der Waals surface area contributed by atoms with Crippen molar-refractivity contribution in [3.05, 3.63) is 83.9 Å². The van der Waals surface area contributed by atoms with Crippen LogP contribution in [0.15, 0.2) is 52.4 Å². The van der Waals surface area contributed by atoms with E-state index >= 15 is 0 Å². The average molecular weight is 548 g/mol. The second kappa shape index (κ2) is 8.88. The number of thiophene rings is 1. The molecule has 10 heteroatoms. The molecule has 2 aromatic carbocycles. The van der Waals surface area contributed by atoms with E-state index in [-0.39, 0.29) is 5.56 Å². The summed E-state index contributed by atoms with van der Waals surface area (Å²) < 4.78 is 3.66. The van der Waals surface area contributed by atoms with E-state index in [1.807, 2.05) is 28.7 Å². The second-order valence-corrected chi connectivity index (χ2v) is 11.5. The third-order valence-corrected chi connectivity index (χ3v) is 9.14. The number of fused-ring (bicyclic) bond motifs is 5. The molecule has 5 aromatic rings. The molecule has 6 rings (SSSR count). The molecule has 172 valence electrons. The Morgan fingerprint density at radius 3 is 2.53 bits per heavy atom. The maximum Gasteiger partial charge on any atom is 0.268 e. The largest absolute Gasteiger partial charge is 0.268 e. The minimum atomic E-state index is -0.0612. The minimum Gasteiger partial charge on any atom is -0.268 e. The first-order chi connectivity index (χ1) is 16.5. The summed E-state index contributed by atoms with van der Waals surface area (Å²) in [5, 5.41) is 12.3. The molecule has 0 bridgehead atoms. The predicted octanol–water partition coefficient (Wildman–Crippen LogP) is 7.23. The standard InChI is InChI=1S/C24H17Cl3N4OS2/c25-14-7-9-16(10-8-14)30-21(32)20-17-3-1-2-4-19(17)34-22(20)31-23(30)28-29-24(31)33-12-13-5-6-15(26)11-18(13)27/h5-11H,1-4,12H2. The molecule has 34 heavy (non-hydrogen) atoms. The molecule has 0 radical (unpaired) electrons. The van der Waals surface area contributed by atoms with Crippen molar-refractivity contribution in [2.45, 2.75) is 36.6 Å². The van der Waals surface area contributed by atoms with E-state index in [2.05, 4.69) is 10.2 Å². The zero-order valence-electron chi connectivity index (χ0n) is 17.7. The van der Waals surface area contributed by atoms with Crippen LogP contribution in [-0.4, -0.2) is 19.2 Å². The molecule has 0 amide bonds. The molecule has 0 saturated heterocycles. The molecule has 0 aliphatic heterocycles. The summed E-state index contributed by atoms with van der Waals surface area (Å²) in [5.74, 6) is 1.09. The van der Waals surface area contributed by atoms with Gasteiger partial charge in [0, 0.05) is 25.7 Å². The van der Waals surface area contributed by atoms with Crippen molar-refractivity contribution >= 4 is 73.9 Å². The van der Waals surface area contributed by atoms with Crippen molar-refractivity contribution in [1.29, 1.82) is 0 Å². The van der Waals surface area contributed by atoms with Gasteiger partial charge >= 0.3 is 0 Å². The molecule has 0 spiro atoms. The highest BCUT2D eigenvalue weighted by atomic mass is 35.5. The van der Waals surface area contributed by atoms with Gasteiger partial charge in [-0.2, -0.15) is 0 Å². The first-order valence-corrected chi connectivity index (χ1v) is 13.7. The summed E-state index contributed by atoms with van der Waals surface area (Å²) in [4.78, 5) is 16.0. The Balaban J connectivity index is 1.57. The van der Waals surface area contributed by atoms with E-state index in [9.17, 15) is 4.79 Å². The minimum absolute atomic E-state index is 0.0612. The van der Waals surface area contributed by atoms with Crippen molar-refractivity contribution in [2.75, 3.05) is 0 Å². The molecule has 0 atom stereocenters. The van der Waals surface area contributed by atoms with E-state index in [4.69, 9.17) is 34.8 Å². The molecular formula is C24H17Cl3N4OS2. The summed E-state index contributed by atoms with van der Waals surface area (Å²) in [6.45, 7) is 0. The zero-order valence-corrected chi connectivity index (χ0v) is 21.6. The van der Waals surface area contributed by atoms with E-state index in [0.717, 1.165) is 41.5 Å². The Bertz CT molecular complexity index is 1620. The van der Waals surface area contributed by atoms with Crippen LogP contribution in [0.4, 0.5) is 0 Å². The lowest BCUT2D eigenvalue weighted by Crippen LogP contribution is -2.22. The Morgan fingerprint density at radius 1 is 0.971 bits per heavy atom. The molecule has 0 N–H and O–H groups in total. The smallest absolute Gasteiger partial charge is 0.268 e. The normalized spacial score (nSPS) is 13.6. The number of aromatic nitrogens is 4. The van der Waals surface area contributed by atoms with Crippen molar-refractivity contribution in [1.82, 2.24) is 19.2 Å². The van der Waals surface area contributed by atoms with Crippen LogP contribution in [0.3, 0.4) is 0 Å². The summed E-state index contributed by atoms with van der Waals surface area (Å²) in [5.41, 5.74) is 2.78. The van der Waals surface area contributed by atoms with Gasteiger partial charge < -0.3 is 0 Å². The van der Waals surface area contributed by atoms with Gasteiger partial charge in [-0.3, -0.25) is 4.79 Å². The molecule has 3 aromatic heterocycles. The van der Waals surface area contributed by atoms with Gasteiger partial charge in [-0.05, 0) is 73.2 Å². The molecule has 1 aliphatic carbocycles. The Hall–Kier alpha value is -2.03. The lowest BCUT2D eigenvalue weighted by Gasteiger charge is -2.12. The lowest BCUT2D eigenvalue weighted by molar-refractivity contribution is 0.699. The van der Waals surface area contributed by atoms with Crippen molar-refractivity contribution in [3.8, 4) is 5.69 Å². The third-order valence-electron chi connectivity index (χ3n) is 6.05. The number of aryl methyl sites for hydroxylation is 2. The predicted molar refractivity (Wildman–Crippen MR) is 142 cm³/mol. The highest BCUT2D eigenvalue weighted by Crippen LogP contribution is 2.37. The van der Waals surface area contributed by atoms with Crippen LogP contribution >= 0.6 is 57.9 Å². The highest BCUT2D eigenvalue weighted by molar-refractivity contribution is 7.98. The van der Waals surface area contributed by atoms with E-state index in [1.165, 1.54) is 22.2 Å². The van der Waals surface area contributed by atoms with Gasteiger partial charge in [-0.1, -0.05) is 52.6 Å². The van der Waals surface area contributed by atoms with Gasteiger partial charge in [-0.25, -0.2) is 8.97 Å². The number of nitrogens with zero attached hydrogens (tertiary/aromatic N) is 4. The summed E-state index contributed by atoms with van der Waals surface area (Å²) in [7, 11) is 0. The fourth-order valence-electron chi connectivity index (χ4n) is 4.41. The van der Waals surface area contributed by atoms with Crippen LogP contribution in [0.25, 0.3) is 21.7 Å². The molecule has 3 heterocycles. The van der Waals surface area contributed by atoms with Crippen LogP contribution in [0.5, 0.6) is 0 Å². The number of benzene rings is 2. The molecule has 0 fully saturated rings. The quantitative estimate of drug-likeness (QED) is 0.223. The van der Waals surface area contributed by atoms with Crippen molar-refractivity contribution < 1.29 is 0 Å². The fourth-order valence-corrected chi connectivity index (χ4v) is 7.47. The fraction of sp³-hybridized carbons (Fsp3) is 0.208. The maximum atomic E-state index is 13.8. The van der Waals surface area contributed by atoms with Crippen LogP contribution in [0.1, 0.15) is 28.8 Å². The summed E-state index contributed by atoms with van der Waals surface area (Å²) in [6, 6.07) is 12.7. The van der Waals surface area contributed by atoms with Gasteiger partial charge in [0.2, 0.25) is 5.78 Å². The van der Waals surface area contributed by atoms with Crippen molar-refractivity contribution in [2.24, 2.45) is 0 Å². The molecule has 1 aliphatic rings. The van der Waals surface area contributed by atoms with Gasteiger partial charge in [0.25, 0.3) is 5.56 Å². The van der Waals surface area contributed by atoms with Crippen LogP contribution < -0.4 is 5.56 Å². The second-order valence-electron chi connectivity index (χ2n) is 8.15. The number of rotatable bonds is 4. The summed E-state index contributed by atoms with van der Waals surface area (Å²) >= 11 is 21.8. The zero-order chi connectivity index (χ0) is 23.4. The average Bonchev–Trinajstić information content (AvgIpc) is 3.41. The molecule has 0 unspecified atom stereocenters. The maximum absolute atomic E-state index is 13.8. The van der Waals surface area contributed by atoms with E-state index < -0.39 is 0 Å². The van der Waals surface area contributed by atoms with Gasteiger partial charge in [0.15, 0.2) is 5.16 Å². The number of hydrogen-bond donors (Lipinski definition) is 0. The van der Waals surface area contributed by atoms with Crippen LogP contribution in [0.2, 0.25) is 15.1 Å². The number of halogens is 3. The Labute approximate surface area is 218 Å². The first-order valence-electron chi connectivity index (χ1n) is 10.8. The highest BCUT2D eigenvalue weighted by Gasteiger charge is 2.25. The van der Waals surface area contributed by atoms with Gasteiger partial charge in [-0.15, -0.1) is 21.5 Å². The topological polar surface area (TPSA) is 52.2 Å². The van der Waals surface area contributed by atoms with Gasteiger partial charge in [0.05, 0.1) is 11.1 Å². The Morgan fingerprint density at radius 2 is 1.74 bits per heavy atom. The first kappa shape index (κ1) is 22.4. The monoisotopic (exact) mass is 546 g/mol. The molecule has 0 saturated carbocycles. The Kier molecular flexibility index (Phi) is 5.86. The third kappa shape index (κ3) is 3.74. The molecule has 5 nitrogen and oxygen atoms in total. The molecular weight excluding hydrogens is 531 g/mol. The van der Waals surface area contributed by atoms with Gasteiger partial charge in [0.1, 0.15) is 4.83 Å². The van der Waals surface area contributed by atoms with E-state index in [0.29, 0.717) is 37.4 Å². The number of hydrogen-bond acceptors (Lipinski definition) is 5. The van der Waals surface area contributed by atoms with Crippen molar-refractivity contribution in [3.63, 3.8) is 0 Å².